The number of carbonyl (C=O) groups excluding carboxylic acids is 1. The van der Waals surface area contributed by atoms with E-state index < -0.39 is 0 Å². The van der Waals surface area contributed by atoms with Gasteiger partial charge >= 0.3 is 0 Å². The lowest BCUT2D eigenvalue weighted by Crippen LogP contribution is -2.29. The molecule has 0 aliphatic rings. The number of hydrogen-bond donors (Lipinski definition) is 1. The minimum absolute atomic E-state index is 0.0882. The van der Waals surface area contributed by atoms with Crippen LogP contribution in [0.3, 0.4) is 0 Å². The van der Waals surface area contributed by atoms with Gasteiger partial charge in [0.2, 0.25) is 0 Å². The van der Waals surface area contributed by atoms with E-state index >= 15 is 0 Å². The average Bonchev–Trinajstić information content (AvgIpc) is 3.02. The molecule has 0 aliphatic heterocycles. The third kappa shape index (κ3) is 3.49. The zero-order chi connectivity index (χ0) is 17.3. The second-order valence-electron chi connectivity index (χ2n) is 6.46. The van der Waals surface area contributed by atoms with Crippen LogP contribution in [0.2, 0.25) is 5.02 Å². The summed E-state index contributed by atoms with van der Waals surface area (Å²) < 4.78 is 7.68. The van der Waals surface area contributed by atoms with Crippen molar-refractivity contribution in [3.05, 3.63) is 58.4 Å². The Bertz CT molecular complexity index is 877. The van der Waals surface area contributed by atoms with Crippen LogP contribution in [0.4, 0.5) is 0 Å². The Hall–Kier alpha value is -2.20. The van der Waals surface area contributed by atoms with E-state index in [1.54, 1.807) is 0 Å². The maximum absolute atomic E-state index is 12.6. The molecule has 0 saturated heterocycles. The van der Waals surface area contributed by atoms with Gasteiger partial charge in [0.1, 0.15) is 11.5 Å². The lowest BCUT2D eigenvalue weighted by molar-refractivity contribution is 0.0940. The van der Waals surface area contributed by atoms with E-state index in [-0.39, 0.29) is 5.91 Å². The van der Waals surface area contributed by atoms with Crippen LogP contribution in [0.1, 0.15) is 35.7 Å². The molecule has 0 radical (unpaired) electrons. The van der Waals surface area contributed by atoms with E-state index in [0.717, 1.165) is 22.4 Å². The molecule has 1 aromatic carbocycles. The van der Waals surface area contributed by atoms with E-state index in [4.69, 9.17) is 16.0 Å². The molecule has 3 aromatic rings. The van der Waals surface area contributed by atoms with Crippen molar-refractivity contribution >= 4 is 28.6 Å². The van der Waals surface area contributed by atoms with Gasteiger partial charge in [-0.05, 0) is 30.5 Å². The number of aromatic nitrogens is 1. The zero-order valence-corrected chi connectivity index (χ0v) is 14.9. The first-order valence-electron chi connectivity index (χ1n) is 8.06. The van der Waals surface area contributed by atoms with Crippen molar-refractivity contribution in [1.29, 1.82) is 0 Å². The van der Waals surface area contributed by atoms with Gasteiger partial charge in [0, 0.05) is 30.2 Å². The highest BCUT2D eigenvalue weighted by molar-refractivity contribution is 6.30. The molecule has 3 rings (SSSR count). The van der Waals surface area contributed by atoms with Gasteiger partial charge in [0.25, 0.3) is 5.91 Å². The van der Waals surface area contributed by atoms with Crippen LogP contribution >= 0.6 is 11.6 Å². The van der Waals surface area contributed by atoms with Gasteiger partial charge in [-0.3, -0.25) is 4.79 Å². The predicted octanol–water partition coefficient (Wildman–Crippen LogP) is 4.63. The van der Waals surface area contributed by atoms with Gasteiger partial charge in [-0.1, -0.05) is 37.6 Å². The fraction of sp³-hybridized carbons (Fsp3) is 0.316. The molecular weight excluding hydrogens is 324 g/mol. The molecule has 0 bridgehead atoms. The number of amides is 1. The van der Waals surface area contributed by atoms with Crippen molar-refractivity contribution in [1.82, 2.24) is 9.88 Å². The van der Waals surface area contributed by atoms with E-state index in [1.165, 1.54) is 0 Å². The Morgan fingerprint density at radius 2 is 2.08 bits per heavy atom. The summed E-state index contributed by atoms with van der Waals surface area (Å²) >= 11 is 6.09. The third-order valence-corrected chi connectivity index (χ3v) is 4.08. The Morgan fingerprint density at radius 3 is 2.79 bits per heavy atom. The van der Waals surface area contributed by atoms with Crippen molar-refractivity contribution in [2.24, 2.45) is 5.92 Å². The summed E-state index contributed by atoms with van der Waals surface area (Å²) in [4.78, 5) is 12.6. The van der Waals surface area contributed by atoms with Crippen LogP contribution in [-0.4, -0.2) is 17.0 Å². The molecule has 1 amide bonds. The van der Waals surface area contributed by atoms with Crippen LogP contribution < -0.4 is 5.32 Å². The Kier molecular flexibility index (Phi) is 4.67. The molecular formula is C19H21ClN2O2. The second-order valence-corrected chi connectivity index (χ2v) is 6.89. The Morgan fingerprint density at radius 1 is 1.29 bits per heavy atom. The number of benzene rings is 1. The third-order valence-electron chi connectivity index (χ3n) is 3.85. The van der Waals surface area contributed by atoms with Crippen LogP contribution in [-0.2, 0) is 6.54 Å². The number of nitrogens with zero attached hydrogens (tertiary/aromatic N) is 1. The van der Waals surface area contributed by atoms with Gasteiger partial charge in [0.05, 0.1) is 5.52 Å². The lowest BCUT2D eigenvalue weighted by atomic mass is 10.2. The zero-order valence-electron chi connectivity index (χ0n) is 14.1. The van der Waals surface area contributed by atoms with Gasteiger partial charge in [-0.15, -0.1) is 0 Å². The van der Waals surface area contributed by atoms with Crippen LogP contribution in [0, 0.1) is 12.8 Å². The summed E-state index contributed by atoms with van der Waals surface area (Å²) in [5.74, 6) is 1.14. The first kappa shape index (κ1) is 16.7. The fourth-order valence-corrected chi connectivity index (χ4v) is 2.94. The number of hydrogen-bond acceptors (Lipinski definition) is 2. The lowest BCUT2D eigenvalue weighted by Gasteiger charge is -2.12. The Balaban J connectivity index is 1.99. The molecule has 0 spiro atoms. The molecule has 1 N–H and O–H groups in total. The van der Waals surface area contributed by atoms with Crippen LogP contribution in [0.5, 0.6) is 0 Å². The van der Waals surface area contributed by atoms with Crippen molar-refractivity contribution < 1.29 is 9.21 Å². The molecule has 24 heavy (non-hydrogen) atoms. The topological polar surface area (TPSA) is 47.2 Å². The summed E-state index contributed by atoms with van der Waals surface area (Å²) in [5, 5.41) is 3.66. The summed E-state index contributed by atoms with van der Waals surface area (Å²) in [6.07, 6.45) is 0. The van der Waals surface area contributed by atoms with Crippen LogP contribution in [0.25, 0.3) is 11.1 Å². The fourth-order valence-electron chi connectivity index (χ4n) is 2.73. The summed E-state index contributed by atoms with van der Waals surface area (Å²) in [6, 6.07) is 11.4. The highest BCUT2D eigenvalue weighted by Crippen LogP contribution is 2.25. The normalized spacial score (nSPS) is 11.4. The number of rotatable bonds is 5. The van der Waals surface area contributed by atoms with E-state index in [0.29, 0.717) is 29.7 Å². The van der Waals surface area contributed by atoms with Gasteiger partial charge in [-0.2, -0.15) is 0 Å². The maximum Gasteiger partial charge on any atom is 0.268 e. The molecule has 5 heteroatoms. The molecule has 0 fully saturated rings. The number of aryl methyl sites for hydroxylation is 1. The van der Waals surface area contributed by atoms with E-state index in [2.05, 4.69) is 19.2 Å². The van der Waals surface area contributed by atoms with E-state index in [9.17, 15) is 4.79 Å². The second kappa shape index (κ2) is 6.73. The number of fused-ring (bicyclic) bond motifs is 1. The number of nitrogens with one attached hydrogen (secondary N) is 1. The molecule has 0 unspecified atom stereocenters. The smallest absolute Gasteiger partial charge is 0.268 e. The first-order chi connectivity index (χ1) is 11.4. The number of furan rings is 1. The molecule has 2 aromatic heterocycles. The monoisotopic (exact) mass is 344 g/mol. The number of carbonyl (C=O) groups is 1. The molecule has 0 aliphatic carbocycles. The van der Waals surface area contributed by atoms with E-state index in [1.807, 2.05) is 47.9 Å². The standard InChI is InChI=1S/C19H21ClN2O2/c1-12(2)10-21-19(23)17-9-18-16(7-13(3)24-18)22(17)11-14-5-4-6-15(20)8-14/h4-9,12H,10-11H2,1-3H3,(H,21,23). The predicted molar refractivity (Wildman–Crippen MR) is 96.7 cm³/mol. The summed E-state index contributed by atoms with van der Waals surface area (Å²) in [5.41, 5.74) is 3.28. The van der Waals surface area contributed by atoms with Crippen molar-refractivity contribution in [2.45, 2.75) is 27.3 Å². The summed E-state index contributed by atoms with van der Waals surface area (Å²) in [7, 11) is 0. The molecule has 126 valence electrons. The Labute approximate surface area is 146 Å². The van der Waals surface area contributed by atoms with Gasteiger partial charge in [0.15, 0.2) is 5.58 Å². The SMILES string of the molecule is Cc1cc2c(cc(C(=O)NCC(C)C)n2Cc2cccc(Cl)c2)o1. The first-order valence-corrected chi connectivity index (χ1v) is 8.44. The quantitative estimate of drug-likeness (QED) is 0.733. The highest BCUT2D eigenvalue weighted by atomic mass is 35.5. The van der Waals surface area contributed by atoms with Crippen LogP contribution in [0.15, 0.2) is 40.8 Å². The number of halogens is 1. The van der Waals surface area contributed by atoms with Crippen molar-refractivity contribution in [2.75, 3.05) is 6.54 Å². The molecule has 2 heterocycles. The minimum Gasteiger partial charge on any atom is -0.460 e. The maximum atomic E-state index is 12.6. The minimum atomic E-state index is -0.0882. The van der Waals surface area contributed by atoms with Crippen molar-refractivity contribution in [3.8, 4) is 0 Å². The molecule has 0 saturated carbocycles. The largest absolute Gasteiger partial charge is 0.460 e. The van der Waals surface area contributed by atoms with Crippen molar-refractivity contribution in [3.63, 3.8) is 0 Å². The summed E-state index contributed by atoms with van der Waals surface area (Å²) in [6.45, 7) is 7.25. The highest BCUT2D eigenvalue weighted by Gasteiger charge is 2.18. The molecule has 4 nitrogen and oxygen atoms in total. The van der Waals surface area contributed by atoms with Gasteiger partial charge < -0.3 is 14.3 Å². The average molecular weight is 345 g/mol. The molecule has 0 atom stereocenters. The van der Waals surface area contributed by atoms with Gasteiger partial charge in [-0.25, -0.2) is 0 Å².